The van der Waals surface area contributed by atoms with Gasteiger partial charge < -0.3 is 10.1 Å². The van der Waals surface area contributed by atoms with E-state index in [-0.39, 0.29) is 16.3 Å². The van der Waals surface area contributed by atoms with Crippen LogP contribution in [-0.2, 0) is 21.2 Å². The number of halogens is 2. The van der Waals surface area contributed by atoms with Crippen LogP contribution >= 0.6 is 34.2 Å². The van der Waals surface area contributed by atoms with Gasteiger partial charge in [0, 0.05) is 9.26 Å². The number of anilines is 1. The fourth-order valence-electron chi connectivity index (χ4n) is 2.98. The Morgan fingerprint density at radius 3 is 2.38 bits per heavy atom. The molecule has 6 nitrogen and oxygen atoms in total. The summed E-state index contributed by atoms with van der Waals surface area (Å²) in [6.45, 7) is 2.21. The molecule has 0 aliphatic carbocycles. The largest absolute Gasteiger partial charge is 0.492 e. The SMILES string of the molecule is CCOc1ccc(S(=O)(=O)N[C@@H](Cc2ccccc2)C(=O)Nc2ccc(I)cc2)cc1Cl. The summed E-state index contributed by atoms with van der Waals surface area (Å²) in [7, 11) is -4.03. The van der Waals surface area contributed by atoms with Gasteiger partial charge in [0.15, 0.2) is 0 Å². The second kappa shape index (κ2) is 11.1. The molecule has 0 radical (unpaired) electrons. The predicted octanol–water partition coefficient (Wildman–Crippen LogP) is 4.87. The van der Waals surface area contributed by atoms with Gasteiger partial charge in [-0.15, -0.1) is 0 Å². The molecule has 0 aliphatic heterocycles. The minimum absolute atomic E-state index is 0.0499. The molecule has 0 aliphatic rings. The van der Waals surface area contributed by atoms with E-state index in [1.165, 1.54) is 18.2 Å². The van der Waals surface area contributed by atoms with Crippen molar-refractivity contribution >= 4 is 55.8 Å². The zero-order chi connectivity index (χ0) is 23.1. The molecule has 3 aromatic carbocycles. The highest BCUT2D eigenvalue weighted by Crippen LogP contribution is 2.27. The number of nitrogens with one attached hydrogen (secondary N) is 2. The van der Waals surface area contributed by atoms with Gasteiger partial charge in [0.2, 0.25) is 15.9 Å². The van der Waals surface area contributed by atoms with E-state index in [9.17, 15) is 13.2 Å². The molecule has 1 amide bonds. The van der Waals surface area contributed by atoms with E-state index < -0.39 is 22.0 Å². The predicted molar refractivity (Wildman–Crippen MR) is 135 cm³/mol. The number of carbonyl (C=O) groups excluding carboxylic acids is 1. The van der Waals surface area contributed by atoms with Crippen molar-refractivity contribution in [3.8, 4) is 5.75 Å². The molecule has 168 valence electrons. The van der Waals surface area contributed by atoms with Crippen molar-refractivity contribution in [2.24, 2.45) is 0 Å². The molecule has 0 fully saturated rings. The normalized spacial score (nSPS) is 12.2. The van der Waals surface area contributed by atoms with Gasteiger partial charge in [-0.1, -0.05) is 41.9 Å². The van der Waals surface area contributed by atoms with Crippen molar-refractivity contribution in [2.45, 2.75) is 24.3 Å². The number of benzene rings is 3. The molecule has 9 heteroatoms. The molecule has 0 saturated carbocycles. The third kappa shape index (κ3) is 6.68. The summed E-state index contributed by atoms with van der Waals surface area (Å²) in [5, 5.41) is 2.96. The Bertz CT molecular complexity index is 1170. The summed E-state index contributed by atoms with van der Waals surface area (Å²) in [5.41, 5.74) is 1.40. The van der Waals surface area contributed by atoms with Crippen molar-refractivity contribution in [3.63, 3.8) is 0 Å². The molecule has 32 heavy (non-hydrogen) atoms. The second-order valence-electron chi connectivity index (χ2n) is 6.88. The average Bonchev–Trinajstić information content (AvgIpc) is 2.77. The lowest BCUT2D eigenvalue weighted by atomic mass is 10.1. The number of rotatable bonds is 9. The van der Waals surface area contributed by atoms with Crippen molar-refractivity contribution in [3.05, 3.63) is 87.0 Å². The zero-order valence-corrected chi connectivity index (χ0v) is 20.9. The van der Waals surface area contributed by atoms with E-state index in [2.05, 4.69) is 32.6 Å². The van der Waals surface area contributed by atoms with Gasteiger partial charge in [-0.2, -0.15) is 4.72 Å². The Morgan fingerprint density at radius 2 is 1.75 bits per heavy atom. The third-order valence-corrected chi connectivity index (χ3v) is 7.01. The van der Waals surface area contributed by atoms with Crippen LogP contribution in [0, 0.1) is 3.57 Å². The summed E-state index contributed by atoms with van der Waals surface area (Å²) in [4.78, 5) is 13.0. The molecule has 1 atom stereocenters. The van der Waals surface area contributed by atoms with E-state index in [0.717, 1.165) is 9.13 Å². The lowest BCUT2D eigenvalue weighted by molar-refractivity contribution is -0.117. The molecule has 2 N–H and O–H groups in total. The number of ether oxygens (including phenoxy) is 1. The molecule has 3 rings (SSSR count). The summed E-state index contributed by atoms with van der Waals surface area (Å²) in [6.07, 6.45) is 0.182. The van der Waals surface area contributed by atoms with Crippen LogP contribution in [0.3, 0.4) is 0 Å². The van der Waals surface area contributed by atoms with E-state index >= 15 is 0 Å². The van der Waals surface area contributed by atoms with Gasteiger partial charge in [0.05, 0.1) is 16.5 Å². The van der Waals surface area contributed by atoms with Gasteiger partial charge in [0.1, 0.15) is 11.8 Å². The summed E-state index contributed by atoms with van der Waals surface area (Å²) in [6, 6.07) is 19.6. The van der Waals surface area contributed by atoms with Crippen LogP contribution in [-0.4, -0.2) is 27.0 Å². The molecule has 0 saturated heterocycles. The first-order valence-electron chi connectivity index (χ1n) is 9.83. The topological polar surface area (TPSA) is 84.5 Å². The van der Waals surface area contributed by atoms with Gasteiger partial charge in [-0.05, 0) is 84.0 Å². The molecule has 0 heterocycles. The van der Waals surface area contributed by atoms with Crippen LogP contribution in [0.2, 0.25) is 5.02 Å². The highest BCUT2D eigenvalue weighted by atomic mass is 127. The minimum Gasteiger partial charge on any atom is -0.492 e. The van der Waals surface area contributed by atoms with Crippen molar-refractivity contribution in [2.75, 3.05) is 11.9 Å². The van der Waals surface area contributed by atoms with E-state index in [4.69, 9.17) is 16.3 Å². The molecule has 0 spiro atoms. The van der Waals surface area contributed by atoms with Gasteiger partial charge in [-0.3, -0.25) is 4.79 Å². The van der Waals surface area contributed by atoms with E-state index in [0.29, 0.717) is 18.0 Å². The molecular weight excluding hydrogens is 563 g/mol. The van der Waals surface area contributed by atoms with Gasteiger partial charge in [0.25, 0.3) is 0 Å². The smallest absolute Gasteiger partial charge is 0.242 e. The molecule has 3 aromatic rings. The van der Waals surface area contributed by atoms with Crippen molar-refractivity contribution in [1.29, 1.82) is 0 Å². The first-order chi connectivity index (χ1) is 15.3. The van der Waals surface area contributed by atoms with Crippen LogP contribution in [0.1, 0.15) is 12.5 Å². The lowest BCUT2D eigenvalue weighted by Gasteiger charge is -2.19. The zero-order valence-electron chi connectivity index (χ0n) is 17.2. The maximum Gasteiger partial charge on any atom is 0.242 e. The minimum atomic E-state index is -4.03. The van der Waals surface area contributed by atoms with Crippen LogP contribution < -0.4 is 14.8 Å². The molecule has 0 unspecified atom stereocenters. The maximum atomic E-state index is 13.1. The highest BCUT2D eigenvalue weighted by Gasteiger charge is 2.27. The first-order valence-corrected chi connectivity index (χ1v) is 12.8. The number of sulfonamides is 1. The Labute approximate surface area is 206 Å². The Kier molecular flexibility index (Phi) is 8.52. The standard InChI is InChI=1S/C23H22ClIN2O4S/c1-2-31-22-13-12-19(15-20(22)24)32(29,30)27-21(14-16-6-4-3-5-7-16)23(28)26-18-10-8-17(25)9-11-18/h3-13,15,21,27H,2,14H2,1H3,(H,26,28)/t21-/m0/s1. The van der Waals surface area contributed by atoms with E-state index in [1.54, 1.807) is 12.1 Å². The van der Waals surface area contributed by atoms with Crippen LogP contribution in [0.5, 0.6) is 5.75 Å². The fourth-order valence-corrected chi connectivity index (χ4v) is 4.86. The van der Waals surface area contributed by atoms with Crippen molar-refractivity contribution < 1.29 is 17.9 Å². The van der Waals surface area contributed by atoms with Crippen LogP contribution in [0.4, 0.5) is 5.69 Å². The Hall–Kier alpha value is -2.14. The summed E-state index contributed by atoms with van der Waals surface area (Å²) >= 11 is 8.33. The average molecular weight is 585 g/mol. The van der Waals surface area contributed by atoms with E-state index in [1.807, 2.05) is 49.4 Å². The quantitative estimate of drug-likeness (QED) is 0.352. The fraction of sp³-hybridized carbons (Fsp3) is 0.174. The van der Waals surface area contributed by atoms with Gasteiger partial charge >= 0.3 is 0 Å². The molecule has 0 bridgehead atoms. The first kappa shape index (κ1) is 24.5. The molecule has 0 aromatic heterocycles. The summed E-state index contributed by atoms with van der Waals surface area (Å²) < 4.78 is 35.0. The summed E-state index contributed by atoms with van der Waals surface area (Å²) in [5.74, 6) is -0.0684. The maximum absolute atomic E-state index is 13.1. The monoisotopic (exact) mass is 584 g/mol. The van der Waals surface area contributed by atoms with Crippen molar-refractivity contribution in [1.82, 2.24) is 4.72 Å². The van der Waals surface area contributed by atoms with Crippen LogP contribution in [0.15, 0.2) is 77.7 Å². The number of carbonyl (C=O) groups is 1. The Balaban J connectivity index is 1.86. The number of hydrogen-bond acceptors (Lipinski definition) is 4. The second-order valence-corrected chi connectivity index (χ2v) is 10.3. The number of hydrogen-bond donors (Lipinski definition) is 2. The number of amides is 1. The third-order valence-electron chi connectivity index (χ3n) is 4.52. The van der Waals surface area contributed by atoms with Gasteiger partial charge in [-0.25, -0.2) is 8.42 Å². The molecular formula is C23H22ClIN2O4S. The Morgan fingerprint density at radius 1 is 1.06 bits per heavy atom. The van der Waals surface area contributed by atoms with Crippen LogP contribution in [0.25, 0.3) is 0 Å². The highest BCUT2D eigenvalue weighted by molar-refractivity contribution is 14.1. The lowest BCUT2D eigenvalue weighted by Crippen LogP contribution is -2.45.